The van der Waals surface area contributed by atoms with Crippen LogP contribution in [0.25, 0.3) is 11.3 Å². The highest BCUT2D eigenvalue weighted by Crippen LogP contribution is 2.29. The second-order valence-electron chi connectivity index (χ2n) is 2.73. The SMILES string of the molecule is O=c1[nH]c(O)c(-c2occc2Cl)c(=O)[nH]1. The molecule has 7 heteroatoms. The summed E-state index contributed by atoms with van der Waals surface area (Å²) >= 11 is 5.71. The van der Waals surface area contributed by atoms with Crippen molar-refractivity contribution in [2.45, 2.75) is 0 Å². The molecule has 0 fully saturated rings. The van der Waals surface area contributed by atoms with Gasteiger partial charge in [-0.2, -0.15) is 0 Å². The maximum absolute atomic E-state index is 11.4. The van der Waals surface area contributed by atoms with Gasteiger partial charge in [0.25, 0.3) is 5.56 Å². The number of H-pyrrole nitrogens is 2. The number of hydrogen-bond donors (Lipinski definition) is 3. The van der Waals surface area contributed by atoms with Crippen LogP contribution in [0, 0.1) is 0 Å². The molecule has 6 nitrogen and oxygen atoms in total. The van der Waals surface area contributed by atoms with Gasteiger partial charge in [0.1, 0.15) is 5.56 Å². The number of halogens is 1. The molecule has 0 aromatic carbocycles. The zero-order valence-corrected chi connectivity index (χ0v) is 7.96. The van der Waals surface area contributed by atoms with Crippen molar-refractivity contribution < 1.29 is 9.52 Å². The summed E-state index contributed by atoms with van der Waals surface area (Å²) < 4.78 is 4.92. The van der Waals surface area contributed by atoms with Crippen molar-refractivity contribution in [2.24, 2.45) is 0 Å². The second-order valence-corrected chi connectivity index (χ2v) is 3.14. The fraction of sp³-hybridized carbons (Fsp3) is 0. The van der Waals surface area contributed by atoms with E-state index in [0.29, 0.717) is 0 Å². The highest BCUT2D eigenvalue weighted by atomic mass is 35.5. The minimum atomic E-state index is -0.802. The van der Waals surface area contributed by atoms with E-state index in [9.17, 15) is 14.7 Å². The summed E-state index contributed by atoms with van der Waals surface area (Å²) in [5.74, 6) is -0.577. The van der Waals surface area contributed by atoms with Crippen LogP contribution in [0.15, 0.2) is 26.3 Å². The summed E-state index contributed by atoms with van der Waals surface area (Å²) in [6.45, 7) is 0. The molecule has 0 aliphatic heterocycles. The van der Waals surface area contributed by atoms with Crippen LogP contribution in [0.1, 0.15) is 0 Å². The summed E-state index contributed by atoms with van der Waals surface area (Å²) in [5, 5.41) is 9.54. The summed E-state index contributed by atoms with van der Waals surface area (Å²) in [5.41, 5.74) is -1.78. The minimum Gasteiger partial charge on any atom is -0.494 e. The van der Waals surface area contributed by atoms with Gasteiger partial charge in [-0.3, -0.25) is 14.8 Å². The van der Waals surface area contributed by atoms with Crippen LogP contribution < -0.4 is 11.2 Å². The van der Waals surface area contributed by atoms with Crippen LogP contribution >= 0.6 is 11.6 Å². The molecule has 0 bridgehead atoms. The predicted octanol–water partition coefficient (Wildman–Crippen LogP) is 0.682. The average molecular weight is 229 g/mol. The van der Waals surface area contributed by atoms with Gasteiger partial charge in [0.15, 0.2) is 5.76 Å². The molecule has 2 aromatic heterocycles. The van der Waals surface area contributed by atoms with Gasteiger partial charge in [-0.25, -0.2) is 4.79 Å². The highest BCUT2D eigenvalue weighted by Gasteiger charge is 2.17. The molecule has 0 aliphatic carbocycles. The molecule has 0 amide bonds. The molecule has 0 atom stereocenters. The van der Waals surface area contributed by atoms with Gasteiger partial charge < -0.3 is 9.52 Å². The van der Waals surface area contributed by atoms with Crippen LogP contribution in [0.2, 0.25) is 5.02 Å². The summed E-state index contributed by atoms with van der Waals surface area (Å²) in [7, 11) is 0. The van der Waals surface area contributed by atoms with Crippen molar-refractivity contribution in [3.05, 3.63) is 38.2 Å². The van der Waals surface area contributed by atoms with E-state index in [2.05, 4.69) is 0 Å². The molecular weight excluding hydrogens is 224 g/mol. The first-order valence-corrected chi connectivity index (χ1v) is 4.26. The van der Waals surface area contributed by atoms with Crippen molar-refractivity contribution in [2.75, 3.05) is 0 Å². The van der Waals surface area contributed by atoms with Gasteiger partial charge in [-0.15, -0.1) is 0 Å². The Labute approximate surface area is 87.1 Å². The maximum Gasteiger partial charge on any atom is 0.328 e. The molecule has 15 heavy (non-hydrogen) atoms. The molecule has 0 spiro atoms. The Morgan fingerprint density at radius 3 is 2.60 bits per heavy atom. The monoisotopic (exact) mass is 228 g/mol. The third-order valence-corrected chi connectivity index (χ3v) is 2.06. The number of aromatic nitrogens is 2. The number of hydrogen-bond acceptors (Lipinski definition) is 4. The first kappa shape index (κ1) is 9.60. The predicted molar refractivity (Wildman–Crippen MR) is 52.1 cm³/mol. The van der Waals surface area contributed by atoms with Crippen molar-refractivity contribution in [1.82, 2.24) is 9.97 Å². The van der Waals surface area contributed by atoms with Gasteiger partial charge in [-0.05, 0) is 6.07 Å². The lowest BCUT2D eigenvalue weighted by Gasteiger charge is -1.98. The Balaban J connectivity index is 2.80. The third-order valence-electron chi connectivity index (χ3n) is 1.77. The van der Waals surface area contributed by atoms with Crippen LogP contribution in [-0.4, -0.2) is 15.1 Å². The van der Waals surface area contributed by atoms with E-state index in [0.717, 1.165) is 0 Å². The number of nitrogens with one attached hydrogen (secondary N) is 2. The highest BCUT2D eigenvalue weighted by molar-refractivity contribution is 6.33. The van der Waals surface area contributed by atoms with E-state index in [4.69, 9.17) is 16.0 Å². The Morgan fingerprint density at radius 1 is 1.33 bits per heavy atom. The van der Waals surface area contributed by atoms with Crippen LogP contribution in [0.4, 0.5) is 0 Å². The van der Waals surface area contributed by atoms with Crippen molar-refractivity contribution in [1.29, 1.82) is 0 Å². The fourth-order valence-electron chi connectivity index (χ4n) is 1.16. The van der Waals surface area contributed by atoms with E-state index in [1.807, 2.05) is 9.97 Å². The summed E-state index contributed by atoms with van der Waals surface area (Å²) in [6, 6.07) is 1.42. The molecule has 2 aromatic rings. The van der Waals surface area contributed by atoms with E-state index >= 15 is 0 Å². The number of aromatic amines is 2. The van der Waals surface area contributed by atoms with E-state index < -0.39 is 17.1 Å². The average Bonchev–Trinajstić information content (AvgIpc) is 2.50. The lowest BCUT2D eigenvalue weighted by molar-refractivity contribution is 0.447. The lowest BCUT2D eigenvalue weighted by atomic mass is 10.2. The van der Waals surface area contributed by atoms with Crippen LogP contribution in [0.5, 0.6) is 5.88 Å². The maximum atomic E-state index is 11.4. The number of furan rings is 1. The molecule has 0 unspecified atom stereocenters. The molecular formula is C8H5ClN2O4. The molecule has 78 valence electrons. The van der Waals surface area contributed by atoms with E-state index in [-0.39, 0.29) is 16.3 Å². The third kappa shape index (κ3) is 1.55. The van der Waals surface area contributed by atoms with Crippen LogP contribution in [0.3, 0.4) is 0 Å². The second kappa shape index (κ2) is 3.32. The molecule has 0 aliphatic rings. The van der Waals surface area contributed by atoms with E-state index in [1.165, 1.54) is 12.3 Å². The Hall–Kier alpha value is -1.95. The molecule has 0 radical (unpaired) electrons. The lowest BCUT2D eigenvalue weighted by Crippen LogP contribution is -2.22. The van der Waals surface area contributed by atoms with Gasteiger partial charge in [0, 0.05) is 0 Å². The first-order chi connectivity index (χ1) is 7.09. The normalized spacial score (nSPS) is 10.5. The largest absolute Gasteiger partial charge is 0.494 e. The topological polar surface area (TPSA) is 99.1 Å². The Bertz CT molecular complexity index is 610. The fourth-order valence-corrected chi connectivity index (χ4v) is 1.35. The zero-order chi connectivity index (χ0) is 11.0. The smallest absolute Gasteiger partial charge is 0.328 e. The minimum absolute atomic E-state index is 0.00617. The zero-order valence-electron chi connectivity index (χ0n) is 7.20. The van der Waals surface area contributed by atoms with Gasteiger partial charge >= 0.3 is 5.69 Å². The van der Waals surface area contributed by atoms with Gasteiger partial charge in [0.05, 0.1) is 11.3 Å². The van der Waals surface area contributed by atoms with E-state index in [1.54, 1.807) is 0 Å². The first-order valence-electron chi connectivity index (χ1n) is 3.88. The van der Waals surface area contributed by atoms with Gasteiger partial charge in [-0.1, -0.05) is 11.6 Å². The molecule has 0 saturated heterocycles. The summed E-state index contributed by atoms with van der Waals surface area (Å²) in [6.07, 6.45) is 1.27. The van der Waals surface area contributed by atoms with Gasteiger partial charge in [0.2, 0.25) is 5.88 Å². The Kier molecular flexibility index (Phi) is 2.12. The molecule has 0 saturated carbocycles. The molecule has 2 rings (SSSR count). The molecule has 2 heterocycles. The summed E-state index contributed by atoms with van der Waals surface area (Å²) in [4.78, 5) is 26.1. The standard InChI is InChI=1S/C8H5ClN2O4/c9-3-1-2-15-5(3)4-6(12)10-8(14)11-7(4)13/h1-2H,(H3,10,11,12,13,14). The molecule has 3 N–H and O–H groups in total. The quantitative estimate of drug-likeness (QED) is 0.668. The van der Waals surface area contributed by atoms with Crippen molar-refractivity contribution in [3.8, 4) is 17.2 Å². The van der Waals surface area contributed by atoms with Crippen molar-refractivity contribution in [3.63, 3.8) is 0 Å². The number of aromatic hydroxyl groups is 1. The van der Waals surface area contributed by atoms with Crippen LogP contribution in [-0.2, 0) is 0 Å². The van der Waals surface area contributed by atoms with Crippen molar-refractivity contribution >= 4 is 11.6 Å². The Morgan fingerprint density at radius 2 is 2.07 bits per heavy atom. The number of rotatable bonds is 1.